The monoisotopic (exact) mass is 299 g/mol. The fourth-order valence-electron chi connectivity index (χ4n) is 2.35. The Balaban J connectivity index is 2.14. The van der Waals surface area contributed by atoms with E-state index in [2.05, 4.69) is 0 Å². The average molecular weight is 300 g/mol. The molecule has 0 aromatic heterocycles. The van der Waals surface area contributed by atoms with Gasteiger partial charge in [0, 0.05) is 18.1 Å². The number of amides is 1. The molecule has 1 aliphatic heterocycles. The quantitative estimate of drug-likeness (QED) is 0.788. The summed E-state index contributed by atoms with van der Waals surface area (Å²) in [4.78, 5) is 25.3. The van der Waals surface area contributed by atoms with Crippen molar-refractivity contribution in [1.82, 2.24) is 4.90 Å². The Morgan fingerprint density at radius 1 is 1.45 bits per heavy atom. The fraction of sp³-hybridized carbons (Fsp3) is 0.429. The molecule has 2 rings (SSSR count). The van der Waals surface area contributed by atoms with Crippen LogP contribution in [0.1, 0.15) is 23.2 Å². The van der Waals surface area contributed by atoms with Crippen LogP contribution in [0.5, 0.6) is 0 Å². The molecule has 1 aromatic rings. The number of hydrogen-bond acceptors (Lipinski definition) is 3. The van der Waals surface area contributed by atoms with Gasteiger partial charge in [0.15, 0.2) is 0 Å². The van der Waals surface area contributed by atoms with Gasteiger partial charge in [0.25, 0.3) is 5.91 Å². The Labute approximate surface area is 121 Å². The highest BCUT2D eigenvalue weighted by Gasteiger charge is 2.30. The summed E-state index contributed by atoms with van der Waals surface area (Å²) in [5.41, 5.74) is -0.0279. The van der Waals surface area contributed by atoms with Crippen LogP contribution in [0.25, 0.3) is 0 Å². The summed E-state index contributed by atoms with van der Waals surface area (Å²) in [7, 11) is 1.32. The Hall–Kier alpha value is -1.62. The lowest BCUT2D eigenvalue weighted by Gasteiger charge is -2.31. The molecule has 1 amide bonds. The van der Waals surface area contributed by atoms with Gasteiger partial charge in [-0.2, -0.15) is 0 Å². The van der Waals surface area contributed by atoms with E-state index in [0.29, 0.717) is 19.4 Å². The molecule has 0 aliphatic carbocycles. The maximum atomic E-state index is 13.8. The van der Waals surface area contributed by atoms with Crippen LogP contribution >= 0.6 is 11.6 Å². The highest BCUT2D eigenvalue weighted by Crippen LogP contribution is 2.22. The van der Waals surface area contributed by atoms with Crippen molar-refractivity contribution in [2.75, 3.05) is 20.2 Å². The summed E-state index contributed by atoms with van der Waals surface area (Å²) in [6.07, 6.45) is 1.38. The van der Waals surface area contributed by atoms with E-state index in [1.807, 2.05) is 0 Å². The van der Waals surface area contributed by atoms with Crippen LogP contribution in [0.3, 0.4) is 0 Å². The van der Waals surface area contributed by atoms with Gasteiger partial charge in [-0.15, -0.1) is 0 Å². The van der Waals surface area contributed by atoms with E-state index in [-0.39, 0.29) is 29.0 Å². The van der Waals surface area contributed by atoms with E-state index in [0.717, 1.165) is 6.07 Å². The molecular formula is C14H15ClFNO3. The predicted octanol–water partition coefficient (Wildman–Crippen LogP) is 2.50. The zero-order chi connectivity index (χ0) is 14.7. The second-order valence-corrected chi connectivity index (χ2v) is 5.17. The third-order valence-electron chi connectivity index (χ3n) is 3.40. The first kappa shape index (κ1) is 14.8. The summed E-state index contributed by atoms with van der Waals surface area (Å²) in [6.45, 7) is 0.766. The van der Waals surface area contributed by atoms with Gasteiger partial charge in [0.05, 0.1) is 18.6 Å². The second kappa shape index (κ2) is 6.22. The number of esters is 1. The Kier molecular flexibility index (Phi) is 4.60. The lowest BCUT2D eigenvalue weighted by Crippen LogP contribution is -2.42. The number of carbonyl (C=O) groups is 2. The van der Waals surface area contributed by atoms with Crippen molar-refractivity contribution in [3.63, 3.8) is 0 Å². The van der Waals surface area contributed by atoms with Gasteiger partial charge in [0.1, 0.15) is 5.82 Å². The van der Waals surface area contributed by atoms with Crippen LogP contribution in [0.4, 0.5) is 4.39 Å². The number of hydrogen-bond donors (Lipinski definition) is 0. The topological polar surface area (TPSA) is 46.6 Å². The number of carbonyl (C=O) groups excluding carboxylic acids is 2. The van der Waals surface area contributed by atoms with Gasteiger partial charge in [-0.25, -0.2) is 4.39 Å². The molecular weight excluding hydrogens is 285 g/mol. The van der Waals surface area contributed by atoms with Crippen molar-refractivity contribution in [1.29, 1.82) is 0 Å². The van der Waals surface area contributed by atoms with Crippen LogP contribution in [0, 0.1) is 11.7 Å². The van der Waals surface area contributed by atoms with Crippen molar-refractivity contribution in [3.05, 3.63) is 34.6 Å². The minimum atomic E-state index is -0.650. The number of ether oxygens (including phenoxy) is 1. The van der Waals surface area contributed by atoms with Crippen molar-refractivity contribution in [3.8, 4) is 0 Å². The molecule has 4 nitrogen and oxygen atoms in total. The Morgan fingerprint density at radius 3 is 2.85 bits per heavy atom. The molecule has 0 saturated carbocycles. The highest BCUT2D eigenvalue weighted by molar-refractivity contribution is 6.30. The number of likely N-dealkylation sites (tertiary alicyclic amines) is 1. The molecule has 6 heteroatoms. The minimum Gasteiger partial charge on any atom is -0.469 e. The van der Waals surface area contributed by atoms with E-state index < -0.39 is 11.7 Å². The van der Waals surface area contributed by atoms with Crippen LogP contribution in [0.2, 0.25) is 5.02 Å². The smallest absolute Gasteiger partial charge is 0.310 e. The maximum absolute atomic E-state index is 13.8. The molecule has 1 aromatic carbocycles. The molecule has 1 heterocycles. The van der Waals surface area contributed by atoms with Gasteiger partial charge < -0.3 is 9.64 Å². The first-order chi connectivity index (χ1) is 9.52. The zero-order valence-electron chi connectivity index (χ0n) is 11.1. The third-order valence-corrected chi connectivity index (χ3v) is 3.64. The number of piperidine rings is 1. The number of benzene rings is 1. The van der Waals surface area contributed by atoms with Gasteiger partial charge in [-0.05, 0) is 31.0 Å². The summed E-state index contributed by atoms with van der Waals surface area (Å²) in [6, 6.07) is 3.94. The van der Waals surface area contributed by atoms with E-state index in [1.165, 1.54) is 24.1 Å². The third kappa shape index (κ3) is 3.10. The van der Waals surface area contributed by atoms with Crippen molar-refractivity contribution in [2.24, 2.45) is 5.92 Å². The van der Waals surface area contributed by atoms with Gasteiger partial charge >= 0.3 is 5.97 Å². The first-order valence-corrected chi connectivity index (χ1v) is 6.73. The van der Waals surface area contributed by atoms with E-state index in [4.69, 9.17) is 16.3 Å². The summed E-state index contributed by atoms with van der Waals surface area (Å²) < 4.78 is 18.4. The van der Waals surface area contributed by atoms with E-state index in [1.54, 1.807) is 0 Å². The molecule has 1 atom stereocenters. The minimum absolute atomic E-state index is 0.0279. The van der Waals surface area contributed by atoms with Crippen LogP contribution in [0.15, 0.2) is 18.2 Å². The second-order valence-electron chi connectivity index (χ2n) is 4.74. The average Bonchev–Trinajstić information content (AvgIpc) is 2.46. The number of nitrogens with zero attached hydrogens (tertiary/aromatic N) is 1. The summed E-state index contributed by atoms with van der Waals surface area (Å²) >= 11 is 5.66. The number of halogens is 2. The first-order valence-electron chi connectivity index (χ1n) is 6.35. The summed E-state index contributed by atoms with van der Waals surface area (Å²) in [5.74, 6) is -1.75. The Morgan fingerprint density at radius 2 is 2.20 bits per heavy atom. The molecule has 1 aliphatic rings. The van der Waals surface area contributed by atoms with Crippen molar-refractivity contribution >= 4 is 23.5 Å². The van der Waals surface area contributed by atoms with Gasteiger partial charge in [-0.1, -0.05) is 11.6 Å². The standard InChI is InChI=1S/C14H15ClFNO3/c1-20-14(19)9-3-2-6-17(8-9)13(18)11-5-4-10(15)7-12(11)16/h4-5,7,9H,2-3,6,8H2,1H3. The SMILES string of the molecule is COC(=O)C1CCCN(C(=O)c2ccc(Cl)cc2F)C1. The van der Waals surface area contributed by atoms with Gasteiger partial charge in [0.2, 0.25) is 0 Å². The molecule has 108 valence electrons. The van der Waals surface area contributed by atoms with E-state index >= 15 is 0 Å². The van der Waals surface area contributed by atoms with Crippen LogP contribution in [-0.2, 0) is 9.53 Å². The molecule has 1 unspecified atom stereocenters. The molecule has 1 fully saturated rings. The molecule has 0 bridgehead atoms. The molecule has 0 spiro atoms. The molecule has 0 N–H and O–H groups in total. The van der Waals surface area contributed by atoms with Crippen molar-refractivity contribution in [2.45, 2.75) is 12.8 Å². The summed E-state index contributed by atoms with van der Waals surface area (Å²) in [5, 5.41) is 0.241. The highest BCUT2D eigenvalue weighted by atomic mass is 35.5. The largest absolute Gasteiger partial charge is 0.469 e. The predicted molar refractivity (Wildman–Crippen MR) is 72.1 cm³/mol. The lowest BCUT2D eigenvalue weighted by molar-refractivity contribution is -0.146. The van der Waals surface area contributed by atoms with Gasteiger partial charge in [-0.3, -0.25) is 9.59 Å². The Bertz CT molecular complexity index is 535. The van der Waals surface area contributed by atoms with Crippen LogP contribution < -0.4 is 0 Å². The number of methoxy groups -OCH3 is 1. The van der Waals surface area contributed by atoms with Crippen LogP contribution in [-0.4, -0.2) is 37.0 Å². The lowest BCUT2D eigenvalue weighted by atomic mass is 9.97. The molecule has 20 heavy (non-hydrogen) atoms. The number of rotatable bonds is 2. The van der Waals surface area contributed by atoms with Crippen molar-refractivity contribution < 1.29 is 18.7 Å². The molecule has 0 radical (unpaired) electrons. The maximum Gasteiger partial charge on any atom is 0.310 e. The fourth-order valence-corrected chi connectivity index (χ4v) is 2.51. The zero-order valence-corrected chi connectivity index (χ0v) is 11.8. The molecule has 1 saturated heterocycles. The normalized spacial score (nSPS) is 18.8. The van der Waals surface area contributed by atoms with E-state index in [9.17, 15) is 14.0 Å².